The van der Waals surface area contributed by atoms with Crippen molar-refractivity contribution in [3.63, 3.8) is 0 Å². The number of pyridine rings is 1. The Bertz CT molecular complexity index is 2160. The van der Waals surface area contributed by atoms with Gasteiger partial charge in [-0.05, 0) is 60.8 Å². The molecule has 0 bridgehead atoms. The van der Waals surface area contributed by atoms with Gasteiger partial charge in [-0.1, -0.05) is 36.4 Å². The molecule has 4 aromatic carbocycles. The molecule has 5 heteroatoms. The second-order valence-corrected chi connectivity index (χ2v) is 9.38. The third kappa shape index (κ3) is 3.13. The summed E-state index contributed by atoms with van der Waals surface area (Å²) >= 11 is 0. The van der Waals surface area contributed by atoms with Crippen molar-refractivity contribution in [2.75, 3.05) is 0 Å². The van der Waals surface area contributed by atoms with Crippen LogP contribution in [0.1, 0.15) is 15.2 Å². The van der Waals surface area contributed by atoms with Gasteiger partial charge < -0.3 is 8.83 Å². The summed E-state index contributed by atoms with van der Waals surface area (Å²) in [7, 11) is 1.65. The zero-order valence-corrected chi connectivity index (χ0v) is 20.0. The Labute approximate surface area is 215 Å². The minimum absolute atomic E-state index is 0.298. The Morgan fingerprint density at radius 2 is 1.43 bits per heavy atom. The van der Waals surface area contributed by atoms with Gasteiger partial charge in [0, 0.05) is 31.7 Å². The van der Waals surface area contributed by atoms with E-state index in [-0.39, 0.29) is 5.56 Å². The summed E-state index contributed by atoms with van der Waals surface area (Å²) in [6.45, 7) is -0.758. The van der Waals surface area contributed by atoms with Gasteiger partial charge >= 0.3 is 0 Å². The van der Waals surface area contributed by atoms with E-state index >= 15 is 4.39 Å². The molecule has 0 amide bonds. The number of fused-ring (bicyclic) bond motifs is 6. The molecule has 0 fully saturated rings. The number of nitrogens with zero attached hydrogens (tertiary/aromatic N) is 1. The molecule has 3 heterocycles. The van der Waals surface area contributed by atoms with Gasteiger partial charge in [0.05, 0.1) is 11.1 Å². The first kappa shape index (κ1) is 18.7. The van der Waals surface area contributed by atoms with Crippen LogP contribution in [0.5, 0.6) is 0 Å². The Hall–Kier alpha value is -4.51. The molecule has 180 valence electrons. The molecule has 0 N–H and O–H groups in total. The van der Waals surface area contributed by atoms with Crippen LogP contribution in [-0.2, 0) is 7.05 Å². The van der Waals surface area contributed by atoms with Gasteiger partial charge in [-0.25, -0.2) is 8.78 Å². The van der Waals surface area contributed by atoms with Crippen LogP contribution in [-0.4, -0.2) is 0 Å². The van der Waals surface area contributed by atoms with E-state index in [1.165, 1.54) is 16.7 Å². The molecule has 0 spiro atoms. The number of hydrogen-bond donors (Lipinski definition) is 0. The maximum absolute atomic E-state index is 15.5. The molecule has 0 radical (unpaired) electrons. The Morgan fingerprint density at radius 1 is 0.703 bits per heavy atom. The quantitative estimate of drug-likeness (QED) is 0.226. The SMILES string of the molecule is [2H]C([2H])([2H])c1cc(-c2c(C)ccc3c2oc2c(-c4ccc5c(c4)oc4ccccc45)c(F)ccc23)[n+](C)cc1F. The first-order chi connectivity index (χ1) is 19.1. The van der Waals surface area contributed by atoms with Gasteiger partial charge in [-0.15, -0.1) is 0 Å². The third-order valence-electron chi connectivity index (χ3n) is 7.12. The topological polar surface area (TPSA) is 30.2 Å². The normalized spacial score (nSPS) is 13.5. The monoisotopic (exact) mass is 493 g/mol. The van der Waals surface area contributed by atoms with Gasteiger partial charge in [-0.2, -0.15) is 4.57 Å². The lowest BCUT2D eigenvalue weighted by Crippen LogP contribution is -2.31. The molecule has 0 saturated heterocycles. The van der Waals surface area contributed by atoms with E-state index in [4.69, 9.17) is 12.9 Å². The number of aromatic nitrogens is 1. The number of rotatable bonds is 2. The molecular weight excluding hydrogens is 468 g/mol. The highest BCUT2D eigenvalue weighted by Gasteiger charge is 2.24. The lowest BCUT2D eigenvalue weighted by atomic mass is 9.98. The number of para-hydroxylation sites is 1. The summed E-state index contributed by atoms with van der Waals surface area (Å²) in [5, 5.41) is 3.36. The highest BCUT2D eigenvalue weighted by Crippen LogP contribution is 2.42. The molecule has 37 heavy (non-hydrogen) atoms. The predicted octanol–water partition coefficient (Wildman–Crippen LogP) is 8.54. The minimum Gasteiger partial charge on any atom is -0.456 e. The Balaban J connectivity index is 1.51. The van der Waals surface area contributed by atoms with Crippen LogP contribution in [0.25, 0.3) is 66.3 Å². The van der Waals surface area contributed by atoms with Crippen molar-refractivity contribution in [3.8, 4) is 22.4 Å². The highest BCUT2D eigenvalue weighted by atomic mass is 19.1. The lowest BCUT2D eigenvalue weighted by molar-refractivity contribution is -0.662. The van der Waals surface area contributed by atoms with E-state index < -0.39 is 18.5 Å². The molecule has 3 aromatic heterocycles. The molecule has 3 nitrogen and oxygen atoms in total. The van der Waals surface area contributed by atoms with E-state index in [0.717, 1.165) is 33.5 Å². The van der Waals surface area contributed by atoms with Gasteiger partial charge in [0.15, 0.2) is 5.82 Å². The number of benzene rings is 4. The largest absolute Gasteiger partial charge is 0.456 e. The van der Waals surface area contributed by atoms with Crippen LogP contribution in [0.15, 0.2) is 87.8 Å². The average Bonchev–Trinajstić information content (AvgIpc) is 3.46. The molecule has 0 aliphatic rings. The second kappa shape index (κ2) is 7.74. The van der Waals surface area contributed by atoms with E-state index in [0.29, 0.717) is 44.5 Å². The van der Waals surface area contributed by atoms with Gasteiger partial charge in [0.1, 0.15) is 35.2 Å². The standard InChI is InChI=1S/C32H22F2NO2/c1-17-8-10-22-23-12-13-24(33)30(19-9-11-21-20-6-4-5-7-27(20)36-28(21)15-19)32(23)37-31(22)29(17)26-14-18(2)25(34)16-35(26)3/h4-16H,1-3H3/q+1/i2D3. The van der Waals surface area contributed by atoms with Crippen molar-refractivity contribution in [1.29, 1.82) is 0 Å². The molecule has 0 aliphatic heterocycles. The Morgan fingerprint density at radius 3 is 2.27 bits per heavy atom. The average molecular weight is 494 g/mol. The van der Waals surface area contributed by atoms with E-state index in [9.17, 15) is 4.39 Å². The third-order valence-corrected chi connectivity index (χ3v) is 7.12. The Kier molecular flexibility index (Phi) is 3.92. The summed E-state index contributed by atoms with van der Waals surface area (Å²) in [5.41, 5.74) is 4.62. The summed E-state index contributed by atoms with van der Waals surface area (Å²) in [6.07, 6.45) is 1.16. The maximum atomic E-state index is 15.5. The van der Waals surface area contributed by atoms with Crippen LogP contribution in [0.4, 0.5) is 8.78 Å². The number of aryl methyl sites for hydroxylation is 3. The highest BCUT2D eigenvalue weighted by molar-refractivity contribution is 6.14. The zero-order valence-electron chi connectivity index (χ0n) is 23.0. The lowest BCUT2D eigenvalue weighted by Gasteiger charge is -2.07. The molecule has 0 unspecified atom stereocenters. The van der Waals surface area contributed by atoms with Crippen molar-refractivity contribution < 1.29 is 26.3 Å². The first-order valence-corrected chi connectivity index (χ1v) is 11.9. The van der Waals surface area contributed by atoms with Crippen LogP contribution in [0, 0.1) is 25.4 Å². The predicted molar refractivity (Wildman–Crippen MR) is 142 cm³/mol. The number of furan rings is 2. The molecule has 0 saturated carbocycles. The molecular formula is C32H22F2NO2+. The minimum atomic E-state index is -2.63. The van der Waals surface area contributed by atoms with Crippen LogP contribution in [0.2, 0.25) is 0 Å². The summed E-state index contributed by atoms with van der Waals surface area (Å²) in [5.74, 6) is -1.26. The summed E-state index contributed by atoms with van der Waals surface area (Å²) < 4.78 is 67.6. The van der Waals surface area contributed by atoms with Crippen LogP contribution in [0.3, 0.4) is 0 Å². The van der Waals surface area contributed by atoms with E-state index in [2.05, 4.69) is 0 Å². The van der Waals surface area contributed by atoms with Crippen molar-refractivity contribution in [2.45, 2.75) is 13.8 Å². The number of halogens is 2. The van der Waals surface area contributed by atoms with E-state index in [1.54, 1.807) is 13.1 Å². The van der Waals surface area contributed by atoms with E-state index in [1.807, 2.05) is 61.5 Å². The fraction of sp³-hybridized carbons (Fsp3) is 0.0938. The number of hydrogen-bond acceptors (Lipinski definition) is 2. The van der Waals surface area contributed by atoms with Crippen molar-refractivity contribution in [2.24, 2.45) is 7.05 Å². The van der Waals surface area contributed by atoms with Crippen LogP contribution < -0.4 is 4.57 Å². The molecule has 7 rings (SSSR count). The van der Waals surface area contributed by atoms with Crippen LogP contribution >= 0.6 is 0 Å². The second-order valence-electron chi connectivity index (χ2n) is 9.38. The fourth-order valence-corrected chi connectivity index (χ4v) is 5.31. The zero-order chi connectivity index (χ0) is 27.9. The van der Waals surface area contributed by atoms with Crippen molar-refractivity contribution in [3.05, 3.63) is 102 Å². The maximum Gasteiger partial charge on any atom is 0.216 e. The summed E-state index contributed by atoms with van der Waals surface area (Å²) in [4.78, 5) is 0. The molecule has 7 aromatic rings. The molecule has 0 atom stereocenters. The summed E-state index contributed by atoms with van der Waals surface area (Å²) in [6, 6.07) is 21.5. The fourth-order valence-electron chi connectivity index (χ4n) is 5.31. The van der Waals surface area contributed by atoms with Gasteiger partial charge in [0.25, 0.3) is 0 Å². The smallest absolute Gasteiger partial charge is 0.216 e. The van der Waals surface area contributed by atoms with Gasteiger partial charge in [0.2, 0.25) is 11.9 Å². The first-order valence-electron chi connectivity index (χ1n) is 13.4. The van der Waals surface area contributed by atoms with Crippen molar-refractivity contribution in [1.82, 2.24) is 0 Å². The van der Waals surface area contributed by atoms with Gasteiger partial charge in [-0.3, -0.25) is 0 Å². The van der Waals surface area contributed by atoms with Crippen molar-refractivity contribution >= 4 is 43.9 Å². The molecule has 0 aliphatic carbocycles.